The predicted molar refractivity (Wildman–Crippen MR) is 101 cm³/mol. The number of methoxy groups -OCH3 is 1. The summed E-state index contributed by atoms with van der Waals surface area (Å²) < 4.78 is 24.0. The Hall–Kier alpha value is -2.11. The van der Waals surface area contributed by atoms with Crippen LogP contribution in [0.15, 0.2) is 18.2 Å². The van der Waals surface area contributed by atoms with Gasteiger partial charge in [0.2, 0.25) is 0 Å². The van der Waals surface area contributed by atoms with Crippen molar-refractivity contribution in [3.63, 3.8) is 0 Å². The molecule has 152 valence electrons. The number of hydrogen-bond donors (Lipinski definition) is 1. The van der Waals surface area contributed by atoms with E-state index in [1.165, 1.54) is 38.5 Å². The summed E-state index contributed by atoms with van der Waals surface area (Å²) in [5, 5.41) is 3.23. The van der Waals surface area contributed by atoms with Gasteiger partial charge in [-0.05, 0) is 80.9 Å². The molecule has 1 amide bonds. The second-order valence-electron chi connectivity index (χ2n) is 8.96. The Balaban J connectivity index is 1.32. The van der Waals surface area contributed by atoms with Crippen molar-refractivity contribution in [3.05, 3.63) is 29.6 Å². The standard InChI is InChI=1S/C22H28FNO4/c1-13(28-20(25)9-14-3-4-19(27-2)18(23)8-14)21(26)24-22-10-15-5-16(11-22)7-17(6-15)12-22/h3-4,8,13,15-17H,5-7,9-12H2,1-2H3,(H,24,26)/t13-,15?,16?,17?,22?/m0/s1. The molecule has 6 heteroatoms. The Bertz CT molecular complexity index is 743. The summed E-state index contributed by atoms with van der Waals surface area (Å²) >= 11 is 0. The molecule has 0 aliphatic heterocycles. The maximum absolute atomic E-state index is 13.8. The maximum atomic E-state index is 13.8. The number of nitrogens with one attached hydrogen (secondary N) is 1. The van der Waals surface area contributed by atoms with Crippen LogP contribution in [0.5, 0.6) is 5.75 Å². The summed E-state index contributed by atoms with van der Waals surface area (Å²) in [6.45, 7) is 1.60. The molecule has 4 aliphatic rings. The number of esters is 1. The van der Waals surface area contributed by atoms with Gasteiger partial charge in [0.1, 0.15) is 0 Å². The van der Waals surface area contributed by atoms with Crippen LogP contribution >= 0.6 is 0 Å². The smallest absolute Gasteiger partial charge is 0.311 e. The quantitative estimate of drug-likeness (QED) is 0.758. The van der Waals surface area contributed by atoms with Crippen molar-refractivity contribution >= 4 is 11.9 Å². The first-order valence-electron chi connectivity index (χ1n) is 10.2. The molecule has 5 nitrogen and oxygen atoms in total. The van der Waals surface area contributed by atoms with Crippen molar-refractivity contribution < 1.29 is 23.5 Å². The molecule has 4 fully saturated rings. The summed E-state index contributed by atoms with van der Waals surface area (Å²) in [6, 6.07) is 4.34. The van der Waals surface area contributed by atoms with Crippen molar-refractivity contribution in [2.45, 2.75) is 63.5 Å². The van der Waals surface area contributed by atoms with Crippen LogP contribution in [-0.2, 0) is 20.7 Å². The fourth-order valence-corrected chi connectivity index (χ4v) is 5.91. The molecule has 4 bridgehead atoms. The van der Waals surface area contributed by atoms with Crippen LogP contribution in [0.25, 0.3) is 0 Å². The van der Waals surface area contributed by atoms with Gasteiger partial charge in [0.05, 0.1) is 13.5 Å². The predicted octanol–water partition coefficient (Wildman–Crippen LogP) is 3.39. The third-order valence-corrected chi connectivity index (χ3v) is 6.67. The highest BCUT2D eigenvalue weighted by Crippen LogP contribution is 2.55. The molecule has 1 atom stereocenters. The number of halogens is 1. The zero-order valence-corrected chi connectivity index (χ0v) is 16.5. The van der Waals surface area contributed by atoms with Crippen molar-refractivity contribution in [1.29, 1.82) is 0 Å². The number of benzene rings is 1. The van der Waals surface area contributed by atoms with Gasteiger partial charge >= 0.3 is 5.97 Å². The molecule has 0 radical (unpaired) electrons. The second-order valence-corrected chi connectivity index (χ2v) is 8.96. The summed E-state index contributed by atoms with van der Waals surface area (Å²) in [5.41, 5.74) is 0.378. The third-order valence-electron chi connectivity index (χ3n) is 6.67. The van der Waals surface area contributed by atoms with Gasteiger partial charge in [-0.1, -0.05) is 6.07 Å². The molecule has 4 aliphatic carbocycles. The lowest BCUT2D eigenvalue weighted by Crippen LogP contribution is -2.61. The van der Waals surface area contributed by atoms with Crippen LogP contribution < -0.4 is 10.1 Å². The zero-order valence-electron chi connectivity index (χ0n) is 16.5. The lowest BCUT2D eigenvalue weighted by molar-refractivity contribution is -0.156. The van der Waals surface area contributed by atoms with E-state index in [1.807, 2.05) is 0 Å². The SMILES string of the molecule is COc1ccc(CC(=O)O[C@@H](C)C(=O)NC23CC4CC(CC(C4)C2)C3)cc1F. The molecule has 0 aromatic heterocycles. The number of ether oxygens (including phenoxy) is 2. The normalized spacial score (nSPS) is 31.3. The molecular formula is C22H28FNO4. The van der Waals surface area contributed by atoms with E-state index >= 15 is 0 Å². The van der Waals surface area contributed by atoms with E-state index in [0.717, 1.165) is 37.0 Å². The van der Waals surface area contributed by atoms with Crippen LogP contribution in [0.3, 0.4) is 0 Å². The fraction of sp³-hybridized carbons (Fsp3) is 0.636. The minimum Gasteiger partial charge on any atom is -0.494 e. The van der Waals surface area contributed by atoms with Crippen molar-refractivity contribution in [1.82, 2.24) is 5.32 Å². The highest BCUT2D eigenvalue weighted by molar-refractivity contribution is 5.84. The third kappa shape index (κ3) is 3.87. The second kappa shape index (κ2) is 7.37. The number of carbonyl (C=O) groups is 2. The lowest BCUT2D eigenvalue weighted by Gasteiger charge is -2.57. The lowest BCUT2D eigenvalue weighted by atomic mass is 9.53. The van der Waals surface area contributed by atoms with Gasteiger partial charge in [0, 0.05) is 5.54 Å². The van der Waals surface area contributed by atoms with Gasteiger partial charge in [-0.25, -0.2) is 4.39 Å². The highest BCUT2D eigenvalue weighted by Gasteiger charge is 2.51. The molecule has 0 heterocycles. The Morgan fingerprint density at radius 1 is 1.18 bits per heavy atom. The van der Waals surface area contributed by atoms with E-state index < -0.39 is 17.9 Å². The molecule has 0 saturated heterocycles. The summed E-state index contributed by atoms with van der Waals surface area (Å²) in [4.78, 5) is 24.9. The highest BCUT2D eigenvalue weighted by atomic mass is 19.1. The fourth-order valence-electron chi connectivity index (χ4n) is 5.91. The van der Waals surface area contributed by atoms with E-state index in [9.17, 15) is 14.0 Å². The van der Waals surface area contributed by atoms with Crippen LogP contribution in [0.1, 0.15) is 51.0 Å². The Morgan fingerprint density at radius 2 is 1.79 bits per heavy atom. The average Bonchev–Trinajstić information content (AvgIpc) is 2.60. The van der Waals surface area contributed by atoms with Crippen LogP contribution in [-0.4, -0.2) is 30.6 Å². The van der Waals surface area contributed by atoms with E-state index in [1.54, 1.807) is 13.0 Å². The zero-order chi connectivity index (χ0) is 19.9. The van der Waals surface area contributed by atoms with Crippen LogP contribution in [0.2, 0.25) is 0 Å². The molecule has 0 unspecified atom stereocenters. The first-order valence-corrected chi connectivity index (χ1v) is 10.2. The van der Waals surface area contributed by atoms with Crippen molar-refractivity contribution in [2.24, 2.45) is 17.8 Å². The first-order chi connectivity index (χ1) is 13.4. The minimum atomic E-state index is -0.858. The summed E-state index contributed by atoms with van der Waals surface area (Å²) in [6.07, 6.45) is 6.12. The van der Waals surface area contributed by atoms with E-state index in [4.69, 9.17) is 9.47 Å². The summed E-state index contributed by atoms with van der Waals surface area (Å²) in [7, 11) is 1.39. The van der Waals surface area contributed by atoms with Gasteiger partial charge in [-0.2, -0.15) is 0 Å². The molecule has 1 aromatic carbocycles. The molecule has 5 rings (SSSR count). The van der Waals surface area contributed by atoms with Gasteiger partial charge in [0.15, 0.2) is 17.7 Å². The van der Waals surface area contributed by atoms with Crippen LogP contribution in [0, 0.1) is 23.6 Å². The number of amides is 1. The molecular weight excluding hydrogens is 361 g/mol. The van der Waals surface area contributed by atoms with Crippen molar-refractivity contribution in [3.8, 4) is 5.75 Å². The molecule has 0 spiro atoms. The van der Waals surface area contributed by atoms with Gasteiger partial charge in [-0.15, -0.1) is 0 Å². The number of hydrogen-bond acceptors (Lipinski definition) is 4. The molecule has 4 saturated carbocycles. The summed E-state index contributed by atoms with van der Waals surface area (Å²) in [5.74, 6) is 1.02. The Kier molecular flexibility index (Phi) is 5.06. The van der Waals surface area contributed by atoms with Gasteiger partial charge in [0.25, 0.3) is 5.91 Å². The average molecular weight is 389 g/mol. The largest absolute Gasteiger partial charge is 0.494 e. The van der Waals surface area contributed by atoms with E-state index in [-0.39, 0.29) is 23.6 Å². The minimum absolute atomic E-state index is 0.0874. The van der Waals surface area contributed by atoms with Crippen LogP contribution in [0.4, 0.5) is 4.39 Å². The van der Waals surface area contributed by atoms with Crippen molar-refractivity contribution in [2.75, 3.05) is 7.11 Å². The molecule has 28 heavy (non-hydrogen) atoms. The first kappa shape index (κ1) is 19.2. The Morgan fingerprint density at radius 3 is 2.32 bits per heavy atom. The monoisotopic (exact) mass is 389 g/mol. The topological polar surface area (TPSA) is 64.6 Å². The van der Waals surface area contributed by atoms with E-state index in [0.29, 0.717) is 5.56 Å². The molecule has 1 aromatic rings. The number of rotatable bonds is 6. The Labute approximate surface area is 165 Å². The maximum Gasteiger partial charge on any atom is 0.311 e. The van der Waals surface area contributed by atoms with Gasteiger partial charge in [-0.3, -0.25) is 9.59 Å². The van der Waals surface area contributed by atoms with E-state index in [2.05, 4.69) is 5.32 Å². The number of carbonyl (C=O) groups excluding carboxylic acids is 2. The molecule has 1 N–H and O–H groups in total. The van der Waals surface area contributed by atoms with Gasteiger partial charge < -0.3 is 14.8 Å².